The Balaban J connectivity index is 2.13. The first kappa shape index (κ1) is 11.7. The van der Waals surface area contributed by atoms with Gasteiger partial charge in [0.05, 0.1) is 0 Å². The SMILES string of the molecule is CC1(C)c2cc(BN)ccc2-c2c1ccc1ncoc21. The van der Waals surface area contributed by atoms with Crippen molar-refractivity contribution in [2.24, 2.45) is 5.64 Å². The third-order valence-corrected chi connectivity index (χ3v) is 4.43. The first-order valence-corrected chi connectivity index (χ1v) is 6.83. The summed E-state index contributed by atoms with van der Waals surface area (Å²) in [7, 11) is 0.567. The molecule has 0 fully saturated rings. The molecule has 0 radical (unpaired) electrons. The number of oxazole rings is 1. The van der Waals surface area contributed by atoms with Gasteiger partial charge in [0.25, 0.3) is 0 Å². The monoisotopic (exact) mass is 262 g/mol. The van der Waals surface area contributed by atoms with E-state index in [2.05, 4.69) is 43.1 Å². The highest BCUT2D eigenvalue weighted by atomic mass is 16.3. The van der Waals surface area contributed by atoms with Gasteiger partial charge in [-0.15, -0.1) is 0 Å². The van der Waals surface area contributed by atoms with Gasteiger partial charge in [0.15, 0.2) is 12.0 Å². The molecule has 0 amide bonds. The molecule has 0 spiro atoms. The Kier molecular flexibility index (Phi) is 2.19. The molecule has 3 aromatic rings. The minimum Gasteiger partial charge on any atom is -0.443 e. The van der Waals surface area contributed by atoms with Crippen molar-refractivity contribution in [3.8, 4) is 11.1 Å². The highest BCUT2D eigenvalue weighted by Crippen LogP contribution is 2.50. The zero-order valence-electron chi connectivity index (χ0n) is 11.6. The highest BCUT2D eigenvalue weighted by molar-refractivity contribution is 6.50. The summed E-state index contributed by atoms with van der Waals surface area (Å²) in [5.41, 5.74) is 13.8. The standard InChI is InChI=1S/C16H15BN2O/c1-16(2)11-5-6-13-15(20-8-19-13)14(11)10-4-3-9(17-18)7-12(10)16/h3-8,17H,18H2,1-2H3. The van der Waals surface area contributed by atoms with E-state index in [9.17, 15) is 0 Å². The zero-order chi connectivity index (χ0) is 13.9. The Labute approximate surface area is 118 Å². The van der Waals surface area contributed by atoms with Gasteiger partial charge < -0.3 is 10.1 Å². The van der Waals surface area contributed by atoms with E-state index in [0.717, 1.165) is 11.1 Å². The van der Waals surface area contributed by atoms with E-state index in [-0.39, 0.29) is 5.41 Å². The fraction of sp³-hybridized carbons (Fsp3) is 0.188. The molecule has 1 aromatic heterocycles. The Hall–Kier alpha value is -2.07. The molecule has 0 unspecified atom stereocenters. The van der Waals surface area contributed by atoms with Crippen molar-refractivity contribution in [2.75, 3.05) is 0 Å². The van der Waals surface area contributed by atoms with Crippen molar-refractivity contribution in [3.05, 3.63) is 47.9 Å². The van der Waals surface area contributed by atoms with E-state index in [1.807, 2.05) is 6.07 Å². The van der Waals surface area contributed by atoms with E-state index in [0.29, 0.717) is 7.41 Å². The maximum Gasteiger partial charge on any atom is 0.233 e. The normalized spacial score (nSPS) is 15.2. The fourth-order valence-corrected chi connectivity index (χ4v) is 3.32. The van der Waals surface area contributed by atoms with Crippen LogP contribution in [0.3, 0.4) is 0 Å². The van der Waals surface area contributed by atoms with Crippen molar-refractivity contribution < 1.29 is 4.42 Å². The average molecular weight is 262 g/mol. The zero-order valence-corrected chi connectivity index (χ0v) is 11.6. The van der Waals surface area contributed by atoms with Crippen molar-refractivity contribution in [3.63, 3.8) is 0 Å². The number of benzene rings is 2. The lowest BCUT2D eigenvalue weighted by atomic mass is 9.77. The van der Waals surface area contributed by atoms with Gasteiger partial charge in [-0.05, 0) is 22.8 Å². The van der Waals surface area contributed by atoms with Gasteiger partial charge in [0, 0.05) is 11.0 Å². The largest absolute Gasteiger partial charge is 0.443 e. The molecule has 0 saturated heterocycles. The summed E-state index contributed by atoms with van der Waals surface area (Å²) in [6.45, 7) is 4.50. The molecule has 4 rings (SSSR count). The highest BCUT2D eigenvalue weighted by Gasteiger charge is 2.37. The fourth-order valence-electron chi connectivity index (χ4n) is 3.32. The van der Waals surface area contributed by atoms with Crippen molar-refractivity contribution in [1.29, 1.82) is 0 Å². The van der Waals surface area contributed by atoms with Gasteiger partial charge in [-0.2, -0.15) is 0 Å². The molecule has 2 aromatic carbocycles. The molecule has 3 nitrogen and oxygen atoms in total. The summed E-state index contributed by atoms with van der Waals surface area (Å²) in [4.78, 5) is 4.26. The van der Waals surface area contributed by atoms with Crippen LogP contribution in [0.15, 0.2) is 41.1 Å². The molecule has 1 aliphatic carbocycles. The van der Waals surface area contributed by atoms with Gasteiger partial charge in [-0.25, -0.2) is 4.98 Å². The minimum atomic E-state index is -0.0309. The van der Waals surface area contributed by atoms with Crippen LogP contribution in [0.25, 0.3) is 22.2 Å². The van der Waals surface area contributed by atoms with Crippen LogP contribution in [-0.2, 0) is 5.41 Å². The van der Waals surface area contributed by atoms with E-state index in [1.54, 1.807) is 0 Å². The lowest BCUT2D eigenvalue weighted by molar-refractivity contribution is 0.601. The van der Waals surface area contributed by atoms with Crippen LogP contribution in [0.4, 0.5) is 0 Å². The van der Waals surface area contributed by atoms with Gasteiger partial charge in [0.2, 0.25) is 7.41 Å². The van der Waals surface area contributed by atoms with Gasteiger partial charge in [-0.3, -0.25) is 0 Å². The van der Waals surface area contributed by atoms with Crippen LogP contribution in [0.5, 0.6) is 0 Å². The number of aromatic nitrogens is 1. The van der Waals surface area contributed by atoms with E-state index < -0.39 is 0 Å². The topological polar surface area (TPSA) is 52.0 Å². The Bertz CT molecular complexity index is 836. The van der Waals surface area contributed by atoms with E-state index in [1.165, 1.54) is 34.1 Å². The number of nitrogens with zero attached hydrogens (tertiary/aromatic N) is 1. The molecule has 4 heteroatoms. The number of hydrogen-bond acceptors (Lipinski definition) is 3. The summed E-state index contributed by atoms with van der Waals surface area (Å²) in [5.74, 6) is 0. The molecule has 2 N–H and O–H groups in total. The number of fused-ring (bicyclic) bond motifs is 5. The molecular formula is C16H15BN2O. The second-order valence-electron chi connectivity index (χ2n) is 5.90. The quantitative estimate of drug-likeness (QED) is 0.683. The summed E-state index contributed by atoms with van der Waals surface area (Å²) >= 11 is 0. The minimum absolute atomic E-state index is 0.0309. The predicted octanol–water partition coefficient (Wildman–Crippen LogP) is 2.07. The Morgan fingerprint density at radius 1 is 1.15 bits per heavy atom. The van der Waals surface area contributed by atoms with Crippen LogP contribution >= 0.6 is 0 Å². The molecule has 98 valence electrons. The summed E-state index contributed by atoms with van der Waals surface area (Å²) in [6.07, 6.45) is 1.52. The number of nitrogens with two attached hydrogens (primary N) is 1. The predicted molar refractivity (Wildman–Crippen MR) is 82.5 cm³/mol. The number of rotatable bonds is 1. The van der Waals surface area contributed by atoms with Gasteiger partial charge in [-0.1, -0.05) is 43.6 Å². The average Bonchev–Trinajstić information content (AvgIpc) is 3.00. The smallest absolute Gasteiger partial charge is 0.233 e. The molecular weight excluding hydrogens is 247 g/mol. The third kappa shape index (κ3) is 1.32. The summed E-state index contributed by atoms with van der Waals surface area (Å²) in [5, 5.41) is 0. The van der Waals surface area contributed by atoms with Crippen molar-refractivity contribution in [1.82, 2.24) is 4.98 Å². The van der Waals surface area contributed by atoms with Crippen LogP contribution in [0.2, 0.25) is 0 Å². The maximum absolute atomic E-state index is 5.78. The number of hydrogen-bond donors (Lipinski definition) is 1. The van der Waals surface area contributed by atoms with Crippen molar-refractivity contribution in [2.45, 2.75) is 19.3 Å². The Morgan fingerprint density at radius 3 is 2.80 bits per heavy atom. The molecule has 0 saturated carbocycles. The van der Waals surface area contributed by atoms with E-state index >= 15 is 0 Å². The lowest BCUT2D eigenvalue weighted by Gasteiger charge is -2.21. The lowest BCUT2D eigenvalue weighted by Crippen LogP contribution is -2.25. The van der Waals surface area contributed by atoms with Crippen LogP contribution < -0.4 is 11.1 Å². The molecule has 0 atom stereocenters. The molecule has 1 aliphatic rings. The van der Waals surface area contributed by atoms with Crippen LogP contribution in [0.1, 0.15) is 25.0 Å². The second kappa shape index (κ2) is 3.73. The molecule has 0 bridgehead atoms. The van der Waals surface area contributed by atoms with Gasteiger partial charge >= 0.3 is 0 Å². The first-order valence-electron chi connectivity index (χ1n) is 6.83. The maximum atomic E-state index is 5.78. The molecule has 20 heavy (non-hydrogen) atoms. The van der Waals surface area contributed by atoms with Crippen LogP contribution in [-0.4, -0.2) is 12.4 Å². The van der Waals surface area contributed by atoms with Crippen LogP contribution in [0, 0.1) is 0 Å². The molecule has 1 heterocycles. The van der Waals surface area contributed by atoms with E-state index in [4.69, 9.17) is 10.1 Å². The third-order valence-electron chi connectivity index (χ3n) is 4.43. The second-order valence-corrected chi connectivity index (χ2v) is 5.90. The van der Waals surface area contributed by atoms with Crippen molar-refractivity contribution >= 4 is 24.0 Å². The Morgan fingerprint density at radius 2 is 2.00 bits per heavy atom. The van der Waals surface area contributed by atoms with Gasteiger partial charge in [0.1, 0.15) is 5.52 Å². The first-order chi connectivity index (χ1) is 9.63. The summed E-state index contributed by atoms with van der Waals surface area (Å²) < 4.78 is 5.63. The molecule has 0 aliphatic heterocycles. The summed E-state index contributed by atoms with van der Waals surface area (Å²) in [6, 6.07) is 10.7.